The maximum absolute atomic E-state index is 5.38. The Morgan fingerprint density at radius 1 is 0.885 bits per heavy atom. The van der Waals surface area contributed by atoms with E-state index in [2.05, 4.69) is 32.7 Å². The normalized spacial score (nSPS) is 10.2. The lowest BCUT2D eigenvalue weighted by atomic mass is 10.1. The van der Waals surface area contributed by atoms with Crippen LogP contribution in [0.4, 0.5) is 17.3 Å². The SMILES string of the molecule is COc1ccc(OC)c(Nc2cc(NCCc3ccccc3)ncn2)c1. The molecule has 0 fully saturated rings. The minimum atomic E-state index is 0.675. The molecule has 1 heterocycles. The van der Waals surface area contributed by atoms with Crippen molar-refractivity contribution in [3.63, 3.8) is 0 Å². The summed E-state index contributed by atoms with van der Waals surface area (Å²) in [6, 6.07) is 17.8. The van der Waals surface area contributed by atoms with Crippen LogP contribution < -0.4 is 20.1 Å². The van der Waals surface area contributed by atoms with Crippen LogP contribution >= 0.6 is 0 Å². The Morgan fingerprint density at radius 2 is 1.69 bits per heavy atom. The molecule has 6 heteroatoms. The molecule has 2 N–H and O–H groups in total. The predicted octanol–water partition coefficient (Wildman–Crippen LogP) is 3.89. The number of methoxy groups -OCH3 is 2. The summed E-state index contributed by atoms with van der Waals surface area (Å²) >= 11 is 0. The molecule has 0 aliphatic heterocycles. The number of rotatable bonds is 8. The highest BCUT2D eigenvalue weighted by Crippen LogP contribution is 2.31. The first kappa shape index (κ1) is 17.5. The third-order valence-electron chi connectivity index (χ3n) is 3.90. The van der Waals surface area contributed by atoms with E-state index in [1.807, 2.05) is 42.5 Å². The smallest absolute Gasteiger partial charge is 0.142 e. The van der Waals surface area contributed by atoms with Crippen molar-refractivity contribution in [2.24, 2.45) is 0 Å². The number of hydrogen-bond acceptors (Lipinski definition) is 6. The second-order valence-corrected chi connectivity index (χ2v) is 5.64. The number of hydrogen-bond donors (Lipinski definition) is 2. The number of nitrogens with one attached hydrogen (secondary N) is 2. The van der Waals surface area contributed by atoms with Crippen LogP contribution in [0.2, 0.25) is 0 Å². The summed E-state index contributed by atoms with van der Waals surface area (Å²) in [4.78, 5) is 8.54. The quantitative estimate of drug-likeness (QED) is 0.642. The molecule has 6 nitrogen and oxygen atoms in total. The van der Waals surface area contributed by atoms with E-state index in [9.17, 15) is 0 Å². The van der Waals surface area contributed by atoms with Gasteiger partial charge in [-0.2, -0.15) is 0 Å². The Morgan fingerprint density at radius 3 is 2.46 bits per heavy atom. The van der Waals surface area contributed by atoms with Crippen LogP contribution in [0, 0.1) is 0 Å². The van der Waals surface area contributed by atoms with Crippen LogP contribution in [0.1, 0.15) is 5.56 Å². The average molecular weight is 350 g/mol. The van der Waals surface area contributed by atoms with Crippen molar-refractivity contribution in [2.75, 3.05) is 31.4 Å². The van der Waals surface area contributed by atoms with Gasteiger partial charge in [0, 0.05) is 18.7 Å². The van der Waals surface area contributed by atoms with Crippen LogP contribution in [-0.4, -0.2) is 30.7 Å². The zero-order valence-electron chi connectivity index (χ0n) is 14.9. The summed E-state index contributed by atoms with van der Waals surface area (Å²) in [6.45, 7) is 0.795. The van der Waals surface area contributed by atoms with Gasteiger partial charge in [0.25, 0.3) is 0 Å². The summed E-state index contributed by atoms with van der Waals surface area (Å²) < 4.78 is 10.7. The largest absolute Gasteiger partial charge is 0.497 e. The van der Waals surface area contributed by atoms with E-state index in [0.29, 0.717) is 11.6 Å². The average Bonchev–Trinajstić information content (AvgIpc) is 2.69. The van der Waals surface area contributed by atoms with E-state index in [0.717, 1.165) is 30.2 Å². The van der Waals surface area contributed by atoms with Crippen LogP contribution in [-0.2, 0) is 6.42 Å². The van der Waals surface area contributed by atoms with Gasteiger partial charge in [0.1, 0.15) is 29.5 Å². The lowest BCUT2D eigenvalue weighted by Crippen LogP contribution is -2.07. The van der Waals surface area contributed by atoms with E-state index in [-0.39, 0.29) is 0 Å². The Bertz CT molecular complexity index is 840. The molecule has 26 heavy (non-hydrogen) atoms. The lowest BCUT2D eigenvalue weighted by molar-refractivity contribution is 0.405. The second-order valence-electron chi connectivity index (χ2n) is 5.64. The first-order chi connectivity index (χ1) is 12.8. The van der Waals surface area contributed by atoms with Crippen LogP contribution in [0.25, 0.3) is 0 Å². The lowest BCUT2D eigenvalue weighted by Gasteiger charge is -2.13. The molecule has 3 aromatic rings. The molecular formula is C20H22N4O2. The standard InChI is InChI=1S/C20H22N4O2/c1-25-16-8-9-18(26-2)17(12-16)24-20-13-19(22-14-23-20)21-11-10-15-6-4-3-5-7-15/h3-9,12-14H,10-11H2,1-2H3,(H2,21,22,23,24). The van der Waals surface area contributed by atoms with Gasteiger partial charge in [-0.05, 0) is 24.1 Å². The van der Waals surface area contributed by atoms with E-state index in [1.54, 1.807) is 14.2 Å². The highest BCUT2D eigenvalue weighted by Gasteiger charge is 2.07. The van der Waals surface area contributed by atoms with Crippen molar-refractivity contribution in [1.82, 2.24) is 9.97 Å². The highest BCUT2D eigenvalue weighted by molar-refractivity contribution is 5.67. The zero-order chi connectivity index (χ0) is 18.2. The van der Waals surface area contributed by atoms with Crippen LogP contribution in [0.5, 0.6) is 11.5 Å². The molecule has 0 spiro atoms. The molecule has 0 atom stereocenters. The summed E-state index contributed by atoms with van der Waals surface area (Å²) in [5, 5.41) is 6.57. The molecule has 0 aliphatic rings. The van der Waals surface area contributed by atoms with Gasteiger partial charge in [0.2, 0.25) is 0 Å². The Balaban J connectivity index is 1.66. The molecule has 0 bridgehead atoms. The fourth-order valence-corrected chi connectivity index (χ4v) is 2.55. The van der Waals surface area contributed by atoms with Gasteiger partial charge in [-0.15, -0.1) is 0 Å². The number of nitrogens with zero attached hydrogens (tertiary/aromatic N) is 2. The van der Waals surface area contributed by atoms with E-state index >= 15 is 0 Å². The van der Waals surface area contributed by atoms with Gasteiger partial charge in [0.15, 0.2) is 0 Å². The molecule has 0 unspecified atom stereocenters. The molecule has 0 saturated carbocycles. The molecule has 134 valence electrons. The Hall–Kier alpha value is -3.28. The number of anilines is 3. The topological polar surface area (TPSA) is 68.3 Å². The molecule has 1 aromatic heterocycles. The molecule has 0 amide bonds. The monoisotopic (exact) mass is 350 g/mol. The van der Waals surface area contributed by atoms with Crippen LogP contribution in [0.15, 0.2) is 60.9 Å². The third kappa shape index (κ3) is 4.63. The molecule has 0 aliphatic carbocycles. The van der Waals surface area contributed by atoms with Crippen molar-refractivity contribution < 1.29 is 9.47 Å². The summed E-state index contributed by atoms with van der Waals surface area (Å²) in [6.07, 6.45) is 2.46. The summed E-state index contributed by atoms with van der Waals surface area (Å²) in [7, 11) is 3.26. The summed E-state index contributed by atoms with van der Waals surface area (Å²) in [5.41, 5.74) is 2.06. The molecule has 3 rings (SSSR count). The van der Waals surface area contributed by atoms with E-state index < -0.39 is 0 Å². The van der Waals surface area contributed by atoms with Crippen molar-refractivity contribution in [2.45, 2.75) is 6.42 Å². The van der Waals surface area contributed by atoms with E-state index in [4.69, 9.17) is 9.47 Å². The maximum Gasteiger partial charge on any atom is 0.142 e. The fourth-order valence-electron chi connectivity index (χ4n) is 2.55. The Kier molecular flexibility index (Phi) is 5.88. The van der Waals surface area contributed by atoms with Gasteiger partial charge in [0.05, 0.1) is 19.9 Å². The molecule has 0 saturated heterocycles. The van der Waals surface area contributed by atoms with E-state index in [1.165, 1.54) is 11.9 Å². The van der Waals surface area contributed by atoms with Gasteiger partial charge < -0.3 is 20.1 Å². The number of ether oxygens (including phenoxy) is 2. The summed E-state index contributed by atoms with van der Waals surface area (Å²) in [5.74, 6) is 2.89. The zero-order valence-corrected chi connectivity index (χ0v) is 14.9. The number of benzene rings is 2. The van der Waals surface area contributed by atoms with Gasteiger partial charge in [-0.1, -0.05) is 30.3 Å². The first-order valence-electron chi connectivity index (χ1n) is 8.37. The van der Waals surface area contributed by atoms with Crippen molar-refractivity contribution in [3.8, 4) is 11.5 Å². The van der Waals surface area contributed by atoms with Gasteiger partial charge >= 0.3 is 0 Å². The van der Waals surface area contributed by atoms with Crippen molar-refractivity contribution in [1.29, 1.82) is 0 Å². The maximum atomic E-state index is 5.38. The number of aromatic nitrogens is 2. The first-order valence-corrected chi connectivity index (χ1v) is 8.37. The minimum absolute atomic E-state index is 0.675. The van der Waals surface area contributed by atoms with Crippen molar-refractivity contribution in [3.05, 3.63) is 66.5 Å². The molecule has 2 aromatic carbocycles. The third-order valence-corrected chi connectivity index (χ3v) is 3.90. The van der Waals surface area contributed by atoms with Gasteiger partial charge in [-0.25, -0.2) is 9.97 Å². The molecule has 0 radical (unpaired) electrons. The van der Waals surface area contributed by atoms with Crippen LogP contribution in [0.3, 0.4) is 0 Å². The second kappa shape index (κ2) is 8.71. The fraction of sp³-hybridized carbons (Fsp3) is 0.200. The molecular weight excluding hydrogens is 328 g/mol. The Labute approximate surface area is 153 Å². The predicted molar refractivity (Wildman–Crippen MR) is 103 cm³/mol. The van der Waals surface area contributed by atoms with Crippen molar-refractivity contribution >= 4 is 17.3 Å². The minimum Gasteiger partial charge on any atom is -0.497 e. The van der Waals surface area contributed by atoms with Gasteiger partial charge in [-0.3, -0.25) is 0 Å². The highest BCUT2D eigenvalue weighted by atomic mass is 16.5.